The van der Waals surface area contributed by atoms with E-state index in [1.54, 1.807) is 60.8 Å². The Kier molecular flexibility index (Phi) is 8.42. The number of aromatic nitrogens is 4. The van der Waals surface area contributed by atoms with Gasteiger partial charge in [0.1, 0.15) is 11.6 Å². The first-order valence-corrected chi connectivity index (χ1v) is 12.4. The average molecular weight is 491 g/mol. The van der Waals surface area contributed by atoms with Gasteiger partial charge in [0.25, 0.3) is 5.91 Å². The van der Waals surface area contributed by atoms with E-state index in [0.29, 0.717) is 23.9 Å². The molecule has 0 atom stereocenters. The molecule has 2 N–H and O–H groups in total. The number of nitrogens with one attached hydrogen (secondary N) is 2. The van der Waals surface area contributed by atoms with Gasteiger partial charge in [-0.05, 0) is 58.4 Å². The van der Waals surface area contributed by atoms with Gasteiger partial charge in [-0.3, -0.25) is 4.79 Å². The predicted octanol–water partition coefficient (Wildman–Crippen LogP) is 4.78. The van der Waals surface area contributed by atoms with Crippen LogP contribution in [-0.2, 0) is 11.3 Å². The second-order valence-corrected chi connectivity index (χ2v) is 9.93. The van der Waals surface area contributed by atoms with Crippen LogP contribution < -0.4 is 15.4 Å². The normalized spacial score (nSPS) is 11.7. The zero-order chi connectivity index (χ0) is 24.0. The summed E-state index contributed by atoms with van der Waals surface area (Å²) in [4.78, 5) is 22.1. The number of carbonyl (C=O) groups excluding carboxylic acids is 1. The maximum absolute atomic E-state index is 12.7. The van der Waals surface area contributed by atoms with Gasteiger partial charge in [-0.1, -0.05) is 30.3 Å². The van der Waals surface area contributed by atoms with E-state index in [1.165, 1.54) is 0 Å². The topological polar surface area (TPSA) is 94.0 Å². The predicted molar refractivity (Wildman–Crippen MR) is 134 cm³/mol. The van der Waals surface area contributed by atoms with E-state index in [9.17, 15) is 4.79 Å². The van der Waals surface area contributed by atoms with Crippen LogP contribution in [-0.4, -0.2) is 49.6 Å². The van der Waals surface area contributed by atoms with Crippen LogP contribution in [0.25, 0.3) is 11.0 Å². The lowest BCUT2D eigenvalue weighted by molar-refractivity contribution is -0.134. The molecule has 0 spiro atoms. The van der Waals surface area contributed by atoms with Crippen molar-refractivity contribution in [2.75, 3.05) is 17.6 Å². The summed E-state index contributed by atoms with van der Waals surface area (Å²) in [5, 5.41) is 13.0. The molecule has 0 saturated carbocycles. The van der Waals surface area contributed by atoms with Crippen LogP contribution in [0.3, 0.4) is 0 Å². The third kappa shape index (κ3) is 6.74. The van der Waals surface area contributed by atoms with Gasteiger partial charge >= 0.3 is 0 Å². The van der Waals surface area contributed by atoms with Gasteiger partial charge in [0.15, 0.2) is 16.4 Å². The molecule has 0 aliphatic rings. The fourth-order valence-electron chi connectivity index (χ4n) is 3.07. The summed E-state index contributed by atoms with van der Waals surface area (Å²) in [5.41, 5.74) is -0.293. The van der Waals surface area contributed by atoms with Gasteiger partial charge in [0.05, 0.1) is 18.1 Å². The molecular weight excluding hydrogens is 460 g/mol. The molecule has 2 aromatic heterocycles. The van der Waals surface area contributed by atoms with Gasteiger partial charge in [0.2, 0.25) is 0 Å². The molecule has 178 valence electrons. The number of ether oxygens (including phenoxy) is 1. The van der Waals surface area contributed by atoms with E-state index in [0.717, 1.165) is 34.2 Å². The fourth-order valence-corrected chi connectivity index (χ4v) is 3.89. The molecule has 3 aromatic rings. The lowest BCUT2D eigenvalue weighted by atomic mass is 10.1. The van der Waals surface area contributed by atoms with E-state index in [2.05, 4.69) is 41.5 Å². The van der Waals surface area contributed by atoms with Gasteiger partial charge in [-0.15, -0.1) is 0 Å². The highest BCUT2D eigenvalue weighted by molar-refractivity contribution is 7.99. The first-order valence-electron chi connectivity index (χ1n) is 11.1. The van der Waals surface area contributed by atoms with Crippen molar-refractivity contribution in [1.29, 1.82) is 0 Å². The summed E-state index contributed by atoms with van der Waals surface area (Å²) >= 11 is 7.54. The van der Waals surface area contributed by atoms with Crippen molar-refractivity contribution in [2.45, 2.75) is 64.4 Å². The van der Waals surface area contributed by atoms with Crippen molar-refractivity contribution in [3.63, 3.8) is 0 Å². The van der Waals surface area contributed by atoms with Crippen molar-refractivity contribution in [3.05, 3.63) is 35.5 Å². The Balaban J connectivity index is 1.68. The molecule has 3 rings (SSSR count). The number of fused-ring (bicyclic) bond motifs is 1. The monoisotopic (exact) mass is 490 g/mol. The smallest absolute Gasteiger partial charge is 0.263 e. The van der Waals surface area contributed by atoms with Crippen molar-refractivity contribution in [1.82, 2.24) is 25.1 Å². The largest absolute Gasteiger partial charge is 0.478 e. The highest BCUT2D eigenvalue weighted by atomic mass is 35.5. The Morgan fingerprint density at radius 2 is 1.97 bits per heavy atom. The minimum Gasteiger partial charge on any atom is -0.478 e. The van der Waals surface area contributed by atoms with Crippen LogP contribution in [0.4, 0.5) is 5.82 Å². The molecule has 10 heteroatoms. The molecule has 0 saturated heterocycles. The summed E-state index contributed by atoms with van der Waals surface area (Å²) in [6.07, 6.45) is 2.81. The molecular formula is C23H31ClN6O2S. The maximum atomic E-state index is 12.7. The zero-order valence-corrected chi connectivity index (χ0v) is 21.3. The summed E-state index contributed by atoms with van der Waals surface area (Å²) in [7, 11) is 0. The Labute approximate surface area is 203 Å². The highest BCUT2D eigenvalue weighted by Crippen LogP contribution is 2.25. The standard InChI is InChI=1S/C23H31ClN6O2S/c1-6-13-33-22-28-19(27-15(2)3)18-14-26-30(20(18)29-22)12-11-25-21(31)23(4,5)32-17-9-7-16(24)8-10-17/h7-10,14-15H,6,11-13H2,1-5H3,(H,25,31)(H,27,28,29). The van der Waals surface area contributed by atoms with Crippen LogP contribution >= 0.6 is 23.4 Å². The van der Waals surface area contributed by atoms with Gasteiger partial charge in [-0.2, -0.15) is 5.10 Å². The lowest BCUT2D eigenvalue weighted by Crippen LogP contribution is -2.47. The van der Waals surface area contributed by atoms with Crippen molar-refractivity contribution in [2.24, 2.45) is 0 Å². The molecule has 8 nitrogen and oxygen atoms in total. The number of halogens is 1. The number of carbonyl (C=O) groups is 1. The van der Waals surface area contributed by atoms with Crippen LogP contribution in [0.2, 0.25) is 5.02 Å². The van der Waals surface area contributed by atoms with E-state index in [1.807, 2.05) is 0 Å². The molecule has 1 amide bonds. The quantitative estimate of drug-likeness (QED) is 0.295. The van der Waals surface area contributed by atoms with Crippen molar-refractivity contribution in [3.8, 4) is 5.75 Å². The van der Waals surface area contributed by atoms with E-state index >= 15 is 0 Å². The summed E-state index contributed by atoms with van der Waals surface area (Å²) < 4.78 is 7.66. The van der Waals surface area contributed by atoms with Crippen molar-refractivity contribution >= 4 is 46.1 Å². The van der Waals surface area contributed by atoms with Crippen LogP contribution in [0.5, 0.6) is 5.75 Å². The number of anilines is 1. The first kappa shape index (κ1) is 25.1. The molecule has 0 aliphatic heterocycles. The minimum atomic E-state index is -1.04. The second kappa shape index (κ2) is 11.1. The zero-order valence-electron chi connectivity index (χ0n) is 19.7. The Bertz CT molecular complexity index is 1080. The molecule has 0 unspecified atom stereocenters. The third-order valence-electron chi connectivity index (χ3n) is 4.68. The molecule has 0 fully saturated rings. The number of rotatable bonds is 11. The summed E-state index contributed by atoms with van der Waals surface area (Å²) in [6, 6.07) is 7.17. The third-order valence-corrected chi connectivity index (χ3v) is 5.98. The van der Waals surface area contributed by atoms with Crippen LogP contribution in [0.15, 0.2) is 35.6 Å². The molecule has 2 heterocycles. The van der Waals surface area contributed by atoms with Gasteiger partial charge in [-0.25, -0.2) is 14.6 Å². The fraction of sp³-hybridized carbons (Fsp3) is 0.478. The first-order chi connectivity index (χ1) is 15.7. The van der Waals surface area contributed by atoms with Gasteiger partial charge < -0.3 is 15.4 Å². The van der Waals surface area contributed by atoms with Crippen LogP contribution in [0, 0.1) is 0 Å². The molecule has 1 aromatic carbocycles. The van der Waals surface area contributed by atoms with E-state index in [4.69, 9.17) is 21.3 Å². The molecule has 0 radical (unpaired) electrons. The molecule has 0 aliphatic carbocycles. The Morgan fingerprint density at radius 3 is 2.64 bits per heavy atom. The van der Waals surface area contributed by atoms with E-state index in [-0.39, 0.29) is 11.9 Å². The molecule has 33 heavy (non-hydrogen) atoms. The Morgan fingerprint density at radius 1 is 1.24 bits per heavy atom. The number of hydrogen-bond donors (Lipinski definition) is 2. The number of nitrogens with zero attached hydrogens (tertiary/aromatic N) is 4. The SMILES string of the molecule is CCCSc1nc(NC(C)C)c2cnn(CCNC(=O)C(C)(C)Oc3ccc(Cl)cc3)c2n1. The summed E-state index contributed by atoms with van der Waals surface area (Å²) in [5.74, 6) is 2.09. The average Bonchev–Trinajstić information content (AvgIpc) is 3.16. The maximum Gasteiger partial charge on any atom is 0.263 e. The number of hydrogen-bond acceptors (Lipinski definition) is 7. The van der Waals surface area contributed by atoms with E-state index < -0.39 is 5.60 Å². The number of benzene rings is 1. The highest BCUT2D eigenvalue weighted by Gasteiger charge is 2.29. The lowest BCUT2D eigenvalue weighted by Gasteiger charge is -2.25. The second-order valence-electron chi connectivity index (χ2n) is 8.43. The van der Waals surface area contributed by atoms with Gasteiger partial charge in [0, 0.05) is 23.4 Å². The molecule has 0 bridgehead atoms. The van der Waals surface area contributed by atoms with Crippen LogP contribution in [0.1, 0.15) is 41.0 Å². The summed E-state index contributed by atoms with van der Waals surface area (Å²) in [6.45, 7) is 10.6. The number of amides is 1. The van der Waals surface area contributed by atoms with Crippen molar-refractivity contribution < 1.29 is 9.53 Å². The number of thioether (sulfide) groups is 1. The minimum absolute atomic E-state index is 0.218. The Hall–Kier alpha value is -2.52.